The lowest BCUT2D eigenvalue weighted by Gasteiger charge is -2.14. The molecule has 0 radical (unpaired) electrons. The van der Waals surface area contributed by atoms with E-state index in [4.69, 9.17) is 19.9 Å². The van der Waals surface area contributed by atoms with Crippen LogP contribution in [0.5, 0.6) is 17.2 Å². The smallest absolute Gasteiger partial charge is 0.165 e. The number of hydrogen-bond donors (Lipinski definition) is 2. The molecule has 5 nitrogen and oxygen atoms in total. The van der Waals surface area contributed by atoms with Gasteiger partial charge in [-0.15, -0.1) is 0 Å². The quantitative estimate of drug-likeness (QED) is 0.829. The van der Waals surface area contributed by atoms with Gasteiger partial charge in [0.05, 0.1) is 32.7 Å². The summed E-state index contributed by atoms with van der Waals surface area (Å²) in [4.78, 5) is 0. The van der Waals surface area contributed by atoms with E-state index in [0.717, 1.165) is 0 Å². The summed E-state index contributed by atoms with van der Waals surface area (Å²) in [5.41, 5.74) is 7.72. The number of nitrogen functional groups attached to an aromatic ring is 1. The fraction of sp³-hybridized carbons (Fsp3) is 0.200. The van der Waals surface area contributed by atoms with Gasteiger partial charge < -0.3 is 25.3 Å². The van der Waals surface area contributed by atoms with Crippen LogP contribution >= 0.6 is 0 Å². The Hall–Kier alpha value is -2.63. The van der Waals surface area contributed by atoms with Crippen LogP contribution in [0.2, 0.25) is 0 Å². The van der Waals surface area contributed by atoms with Crippen LogP contribution in [0.3, 0.4) is 0 Å². The molecule has 0 unspecified atom stereocenters. The van der Waals surface area contributed by atoms with Gasteiger partial charge in [-0.1, -0.05) is 0 Å². The first kappa shape index (κ1) is 14.8. The highest BCUT2D eigenvalue weighted by Crippen LogP contribution is 2.36. The van der Waals surface area contributed by atoms with Gasteiger partial charge in [0, 0.05) is 23.9 Å². The number of benzene rings is 2. The molecule has 0 fully saturated rings. The van der Waals surface area contributed by atoms with Crippen LogP contribution in [-0.2, 0) is 0 Å². The molecule has 2 aromatic rings. The van der Waals surface area contributed by atoms with Crippen molar-refractivity contribution in [1.29, 1.82) is 0 Å². The first-order chi connectivity index (χ1) is 10.1. The van der Waals surface area contributed by atoms with E-state index in [0.29, 0.717) is 28.6 Å². The molecule has 0 saturated carbocycles. The minimum absolute atomic E-state index is 0.152. The summed E-state index contributed by atoms with van der Waals surface area (Å²) in [6.07, 6.45) is 0. The Labute approximate surface area is 122 Å². The van der Waals surface area contributed by atoms with E-state index in [1.165, 1.54) is 20.3 Å². The molecule has 0 aliphatic heterocycles. The molecular formula is C15H17FN2O3. The summed E-state index contributed by atoms with van der Waals surface area (Å²) in [6, 6.07) is 7.82. The van der Waals surface area contributed by atoms with E-state index in [2.05, 4.69) is 5.32 Å². The maximum atomic E-state index is 13.4. The van der Waals surface area contributed by atoms with E-state index >= 15 is 0 Å². The van der Waals surface area contributed by atoms with E-state index in [9.17, 15) is 4.39 Å². The Kier molecular flexibility index (Phi) is 4.37. The third-order valence-electron chi connectivity index (χ3n) is 2.99. The number of halogens is 1. The lowest BCUT2D eigenvalue weighted by molar-refractivity contribution is 0.355. The topological polar surface area (TPSA) is 65.7 Å². The minimum atomic E-state index is -0.427. The third kappa shape index (κ3) is 3.10. The molecule has 0 atom stereocenters. The summed E-state index contributed by atoms with van der Waals surface area (Å²) >= 11 is 0. The first-order valence-corrected chi connectivity index (χ1v) is 6.21. The Morgan fingerprint density at radius 2 is 1.52 bits per heavy atom. The van der Waals surface area contributed by atoms with Gasteiger partial charge in [0.25, 0.3) is 0 Å². The second-order valence-electron chi connectivity index (χ2n) is 4.27. The van der Waals surface area contributed by atoms with Crippen molar-refractivity contribution in [1.82, 2.24) is 0 Å². The monoisotopic (exact) mass is 292 g/mol. The largest absolute Gasteiger partial charge is 0.494 e. The second kappa shape index (κ2) is 6.21. The average Bonchev–Trinajstić information content (AvgIpc) is 2.50. The van der Waals surface area contributed by atoms with Crippen molar-refractivity contribution in [2.45, 2.75) is 0 Å². The highest BCUT2D eigenvalue weighted by atomic mass is 19.1. The summed E-state index contributed by atoms with van der Waals surface area (Å²) in [6.45, 7) is 0. The normalized spacial score (nSPS) is 10.1. The molecular weight excluding hydrogens is 275 g/mol. The molecule has 112 valence electrons. The van der Waals surface area contributed by atoms with Crippen LogP contribution in [0.15, 0.2) is 30.3 Å². The van der Waals surface area contributed by atoms with Crippen molar-refractivity contribution in [2.24, 2.45) is 0 Å². The molecule has 3 N–H and O–H groups in total. The standard InChI is InChI=1S/C15H17FN2O3/c1-19-13-6-9(4-5-10(13)16)18-12-8-15(21-3)14(20-2)7-11(12)17/h4-8,18H,17H2,1-3H3. The fourth-order valence-electron chi connectivity index (χ4n) is 1.90. The van der Waals surface area contributed by atoms with Crippen LogP contribution in [0.25, 0.3) is 0 Å². The van der Waals surface area contributed by atoms with Gasteiger partial charge in [-0.05, 0) is 12.1 Å². The predicted octanol–water partition coefficient (Wildman–Crippen LogP) is 3.18. The van der Waals surface area contributed by atoms with Crippen molar-refractivity contribution >= 4 is 17.1 Å². The predicted molar refractivity (Wildman–Crippen MR) is 80.2 cm³/mol. The van der Waals surface area contributed by atoms with E-state index in [-0.39, 0.29) is 5.75 Å². The number of nitrogens with one attached hydrogen (secondary N) is 1. The van der Waals surface area contributed by atoms with Crippen LogP contribution in [0.1, 0.15) is 0 Å². The lowest BCUT2D eigenvalue weighted by atomic mass is 10.2. The van der Waals surface area contributed by atoms with Crippen LogP contribution < -0.4 is 25.3 Å². The molecule has 0 saturated heterocycles. The van der Waals surface area contributed by atoms with E-state index < -0.39 is 5.82 Å². The van der Waals surface area contributed by atoms with Crippen molar-refractivity contribution in [3.05, 3.63) is 36.1 Å². The molecule has 21 heavy (non-hydrogen) atoms. The van der Waals surface area contributed by atoms with Gasteiger partial charge >= 0.3 is 0 Å². The molecule has 0 heterocycles. The maximum Gasteiger partial charge on any atom is 0.165 e. The molecule has 2 aromatic carbocycles. The molecule has 2 rings (SSSR count). The highest BCUT2D eigenvalue weighted by Gasteiger charge is 2.10. The Morgan fingerprint density at radius 1 is 0.905 bits per heavy atom. The molecule has 6 heteroatoms. The van der Waals surface area contributed by atoms with Crippen LogP contribution in [-0.4, -0.2) is 21.3 Å². The lowest BCUT2D eigenvalue weighted by Crippen LogP contribution is -2.00. The van der Waals surface area contributed by atoms with Crippen molar-refractivity contribution in [2.75, 3.05) is 32.4 Å². The number of rotatable bonds is 5. The van der Waals surface area contributed by atoms with E-state index in [1.807, 2.05) is 0 Å². The molecule has 0 amide bonds. The molecule has 0 aromatic heterocycles. The van der Waals surface area contributed by atoms with Crippen LogP contribution in [0, 0.1) is 5.82 Å². The first-order valence-electron chi connectivity index (χ1n) is 6.21. The summed E-state index contributed by atoms with van der Waals surface area (Å²) in [7, 11) is 4.49. The van der Waals surface area contributed by atoms with Gasteiger partial charge in [0.1, 0.15) is 0 Å². The Bertz CT molecular complexity index is 647. The zero-order valence-corrected chi connectivity index (χ0v) is 12.1. The zero-order valence-electron chi connectivity index (χ0n) is 12.1. The fourth-order valence-corrected chi connectivity index (χ4v) is 1.90. The molecule has 0 bridgehead atoms. The van der Waals surface area contributed by atoms with Gasteiger partial charge in [0.15, 0.2) is 23.1 Å². The average molecular weight is 292 g/mol. The van der Waals surface area contributed by atoms with Gasteiger partial charge in [-0.2, -0.15) is 0 Å². The number of anilines is 3. The summed E-state index contributed by atoms with van der Waals surface area (Å²) in [5, 5.41) is 3.09. The van der Waals surface area contributed by atoms with Gasteiger partial charge in [0.2, 0.25) is 0 Å². The minimum Gasteiger partial charge on any atom is -0.494 e. The maximum absolute atomic E-state index is 13.4. The second-order valence-corrected chi connectivity index (χ2v) is 4.27. The van der Waals surface area contributed by atoms with Gasteiger partial charge in [-0.3, -0.25) is 0 Å². The van der Waals surface area contributed by atoms with Gasteiger partial charge in [-0.25, -0.2) is 4.39 Å². The van der Waals surface area contributed by atoms with E-state index in [1.54, 1.807) is 31.4 Å². The van der Waals surface area contributed by atoms with Crippen molar-refractivity contribution < 1.29 is 18.6 Å². The third-order valence-corrected chi connectivity index (χ3v) is 2.99. The Morgan fingerprint density at radius 3 is 2.14 bits per heavy atom. The molecule has 0 aliphatic rings. The zero-order chi connectivity index (χ0) is 15.4. The number of hydrogen-bond acceptors (Lipinski definition) is 5. The van der Waals surface area contributed by atoms with Crippen molar-refractivity contribution in [3.8, 4) is 17.2 Å². The number of nitrogens with two attached hydrogens (primary N) is 1. The molecule has 0 aliphatic carbocycles. The van der Waals surface area contributed by atoms with Crippen LogP contribution in [0.4, 0.5) is 21.5 Å². The highest BCUT2D eigenvalue weighted by molar-refractivity contribution is 5.77. The van der Waals surface area contributed by atoms with Crippen molar-refractivity contribution in [3.63, 3.8) is 0 Å². The molecule has 0 spiro atoms. The Balaban J connectivity index is 2.35. The summed E-state index contributed by atoms with van der Waals surface area (Å²) in [5.74, 6) is 0.808. The SMILES string of the molecule is COc1cc(Nc2cc(OC)c(OC)cc2N)ccc1F. The number of ether oxygens (including phenoxy) is 3. The summed E-state index contributed by atoms with van der Waals surface area (Å²) < 4.78 is 28.7. The number of methoxy groups -OCH3 is 3.